The lowest BCUT2D eigenvalue weighted by Gasteiger charge is -2.32. The van der Waals surface area contributed by atoms with Gasteiger partial charge < -0.3 is 14.8 Å². The number of ether oxygens (including phenoxy) is 2. The maximum atomic E-state index is 13.4. The number of aromatic nitrogens is 2. The van der Waals surface area contributed by atoms with E-state index in [1.54, 1.807) is 36.4 Å². The number of nitrogens with zero attached hydrogens (tertiary/aromatic N) is 3. The third-order valence-electron chi connectivity index (χ3n) is 5.29. The largest absolute Gasteiger partial charge is 0.495 e. The summed E-state index contributed by atoms with van der Waals surface area (Å²) in [5.41, 5.74) is 1.19. The number of esters is 1. The second-order valence-electron chi connectivity index (χ2n) is 7.37. The second kappa shape index (κ2) is 9.81. The number of hydrogen-bond donors (Lipinski definition) is 1. The van der Waals surface area contributed by atoms with Crippen LogP contribution in [0.4, 0.5) is 5.69 Å². The summed E-state index contributed by atoms with van der Waals surface area (Å²) in [6, 6.07) is 10.5. The predicted molar refractivity (Wildman–Crippen MR) is 122 cm³/mol. The zero-order chi connectivity index (χ0) is 23.4. The van der Waals surface area contributed by atoms with Crippen molar-refractivity contribution in [1.29, 1.82) is 0 Å². The van der Waals surface area contributed by atoms with Crippen LogP contribution in [0.15, 0.2) is 47.4 Å². The van der Waals surface area contributed by atoms with Crippen molar-refractivity contribution in [2.45, 2.75) is 30.2 Å². The van der Waals surface area contributed by atoms with Crippen molar-refractivity contribution in [2.75, 3.05) is 25.6 Å². The number of methoxy groups -OCH3 is 1. The van der Waals surface area contributed by atoms with Gasteiger partial charge in [-0.05, 0) is 43.5 Å². The number of carbonyl (C=O) groups is 2. The van der Waals surface area contributed by atoms with E-state index in [1.165, 1.54) is 13.2 Å². The van der Waals surface area contributed by atoms with Crippen molar-refractivity contribution in [3.63, 3.8) is 0 Å². The highest BCUT2D eigenvalue weighted by Crippen LogP contribution is 2.30. The molecule has 12 heteroatoms. The minimum atomic E-state index is -4.03. The lowest BCUT2D eigenvalue weighted by Crippen LogP contribution is -2.49. The number of fused-ring (bicyclic) bond motifs is 1. The van der Waals surface area contributed by atoms with Crippen LogP contribution in [0, 0.1) is 0 Å². The average Bonchev–Trinajstić information content (AvgIpc) is 3.32. The van der Waals surface area contributed by atoms with E-state index in [0.717, 1.165) is 16.0 Å². The average molecular weight is 491 g/mol. The normalized spacial score (nSPS) is 16.9. The van der Waals surface area contributed by atoms with E-state index < -0.39 is 34.5 Å². The number of benzene rings is 2. The molecule has 1 amide bonds. The lowest BCUT2D eigenvalue weighted by molar-refractivity contribution is -0.152. The highest BCUT2D eigenvalue weighted by molar-refractivity contribution is 7.89. The molecule has 3 aromatic rings. The van der Waals surface area contributed by atoms with Gasteiger partial charge in [0.2, 0.25) is 10.0 Å². The number of hydrogen-bond acceptors (Lipinski definition) is 9. The van der Waals surface area contributed by atoms with E-state index in [2.05, 4.69) is 14.1 Å². The molecule has 1 fully saturated rings. The molecule has 1 aliphatic heterocycles. The first-order chi connectivity index (χ1) is 15.9. The SMILES string of the molecule is COc1ccccc1NC(=O)COC(=O)C1CCCCN1S(=O)(=O)c1cccc2nsnc12. The first-order valence-corrected chi connectivity index (χ1v) is 12.4. The quantitative estimate of drug-likeness (QED) is 0.500. The van der Waals surface area contributed by atoms with Crippen molar-refractivity contribution >= 4 is 50.3 Å². The summed E-state index contributed by atoms with van der Waals surface area (Å²) in [6.07, 6.45) is 1.59. The molecule has 4 rings (SSSR count). The third-order valence-corrected chi connectivity index (χ3v) is 7.77. The van der Waals surface area contributed by atoms with Gasteiger partial charge in [0, 0.05) is 6.54 Å². The van der Waals surface area contributed by atoms with Crippen LogP contribution in [0.2, 0.25) is 0 Å². The Bertz CT molecular complexity index is 1280. The van der Waals surface area contributed by atoms with Crippen LogP contribution in [-0.4, -0.2) is 59.6 Å². The van der Waals surface area contributed by atoms with E-state index in [0.29, 0.717) is 36.2 Å². The van der Waals surface area contributed by atoms with Crippen molar-refractivity contribution in [3.8, 4) is 5.75 Å². The number of para-hydroxylation sites is 2. The Morgan fingerprint density at radius 2 is 1.97 bits per heavy atom. The van der Waals surface area contributed by atoms with Gasteiger partial charge in [0.05, 0.1) is 24.5 Å². The number of rotatable bonds is 7. The number of anilines is 1. The molecule has 0 bridgehead atoms. The monoisotopic (exact) mass is 490 g/mol. The molecule has 1 unspecified atom stereocenters. The zero-order valence-electron chi connectivity index (χ0n) is 17.8. The molecule has 2 aromatic carbocycles. The molecule has 1 aromatic heterocycles. The van der Waals surface area contributed by atoms with Crippen LogP contribution in [0.25, 0.3) is 11.0 Å². The summed E-state index contributed by atoms with van der Waals surface area (Å²) in [7, 11) is -2.55. The Labute approximate surface area is 194 Å². The summed E-state index contributed by atoms with van der Waals surface area (Å²) in [4.78, 5) is 25.1. The highest BCUT2D eigenvalue weighted by atomic mass is 32.2. The van der Waals surface area contributed by atoms with Gasteiger partial charge >= 0.3 is 5.97 Å². The van der Waals surface area contributed by atoms with Gasteiger partial charge in [0.15, 0.2) is 6.61 Å². The van der Waals surface area contributed by atoms with Gasteiger partial charge in [-0.3, -0.25) is 9.59 Å². The van der Waals surface area contributed by atoms with Gasteiger partial charge in [-0.15, -0.1) is 0 Å². The number of carbonyl (C=O) groups excluding carboxylic acids is 2. The maximum Gasteiger partial charge on any atom is 0.324 e. The summed E-state index contributed by atoms with van der Waals surface area (Å²) in [5.74, 6) is -0.860. The van der Waals surface area contributed by atoms with E-state index in [9.17, 15) is 18.0 Å². The molecule has 0 saturated carbocycles. The molecule has 1 saturated heterocycles. The van der Waals surface area contributed by atoms with Gasteiger partial charge in [0.1, 0.15) is 27.7 Å². The molecular formula is C21H22N4O6S2. The molecule has 0 spiro atoms. The van der Waals surface area contributed by atoms with Crippen molar-refractivity contribution in [1.82, 2.24) is 13.1 Å². The van der Waals surface area contributed by atoms with Crippen molar-refractivity contribution in [2.24, 2.45) is 0 Å². The zero-order valence-corrected chi connectivity index (χ0v) is 19.4. The first kappa shape index (κ1) is 23.1. The molecule has 1 atom stereocenters. The maximum absolute atomic E-state index is 13.4. The molecule has 2 heterocycles. The Morgan fingerprint density at radius 3 is 2.79 bits per heavy atom. The van der Waals surface area contributed by atoms with Crippen molar-refractivity contribution in [3.05, 3.63) is 42.5 Å². The Kier molecular flexibility index (Phi) is 6.86. The van der Waals surface area contributed by atoms with Gasteiger partial charge in [-0.25, -0.2) is 8.42 Å². The van der Waals surface area contributed by atoms with Crippen LogP contribution in [0.5, 0.6) is 5.75 Å². The van der Waals surface area contributed by atoms with Crippen LogP contribution in [0.1, 0.15) is 19.3 Å². The third kappa shape index (κ3) is 4.82. The molecule has 0 aliphatic carbocycles. The fraction of sp³-hybridized carbons (Fsp3) is 0.333. The van der Waals surface area contributed by atoms with Gasteiger partial charge in [-0.2, -0.15) is 13.1 Å². The lowest BCUT2D eigenvalue weighted by atomic mass is 10.1. The standard InChI is InChI=1S/C21H22N4O6S2/c1-30-17-10-3-2-7-14(17)22-19(26)13-31-21(27)16-9-4-5-12-25(16)33(28,29)18-11-6-8-15-20(18)24-32-23-15/h2-3,6-8,10-11,16H,4-5,9,12-13H2,1H3,(H,22,26). The topological polar surface area (TPSA) is 128 Å². The molecule has 1 N–H and O–H groups in total. The minimum Gasteiger partial charge on any atom is -0.495 e. The molecular weight excluding hydrogens is 468 g/mol. The summed E-state index contributed by atoms with van der Waals surface area (Å²) >= 11 is 0.923. The highest BCUT2D eigenvalue weighted by Gasteiger charge is 2.39. The Morgan fingerprint density at radius 1 is 1.15 bits per heavy atom. The fourth-order valence-corrected chi connectivity index (χ4v) is 6.11. The molecule has 1 aliphatic rings. The summed E-state index contributed by atoms with van der Waals surface area (Å²) < 4.78 is 46.6. The van der Waals surface area contributed by atoms with Crippen LogP contribution in [-0.2, 0) is 24.3 Å². The number of amides is 1. The van der Waals surface area contributed by atoms with Gasteiger partial charge in [-0.1, -0.05) is 18.2 Å². The van der Waals surface area contributed by atoms with E-state index in [-0.39, 0.29) is 17.0 Å². The molecule has 10 nitrogen and oxygen atoms in total. The van der Waals surface area contributed by atoms with E-state index in [4.69, 9.17) is 9.47 Å². The predicted octanol–water partition coefficient (Wildman–Crippen LogP) is 2.43. The fourth-order valence-electron chi connectivity index (χ4n) is 3.71. The van der Waals surface area contributed by atoms with Crippen LogP contribution < -0.4 is 10.1 Å². The first-order valence-electron chi connectivity index (χ1n) is 10.2. The van der Waals surface area contributed by atoms with Crippen LogP contribution >= 0.6 is 11.7 Å². The van der Waals surface area contributed by atoms with Crippen LogP contribution in [0.3, 0.4) is 0 Å². The Hall–Kier alpha value is -3.09. The van der Waals surface area contributed by atoms with Gasteiger partial charge in [0.25, 0.3) is 5.91 Å². The molecule has 174 valence electrons. The molecule has 33 heavy (non-hydrogen) atoms. The minimum absolute atomic E-state index is 0.00219. The summed E-state index contributed by atoms with van der Waals surface area (Å²) in [5, 5.41) is 2.62. The summed E-state index contributed by atoms with van der Waals surface area (Å²) in [6.45, 7) is -0.379. The van der Waals surface area contributed by atoms with E-state index >= 15 is 0 Å². The smallest absolute Gasteiger partial charge is 0.324 e. The molecule has 0 radical (unpaired) electrons. The number of piperidine rings is 1. The van der Waals surface area contributed by atoms with Crippen molar-refractivity contribution < 1.29 is 27.5 Å². The Balaban J connectivity index is 1.47. The number of nitrogens with one attached hydrogen (secondary N) is 1. The van der Waals surface area contributed by atoms with E-state index in [1.807, 2.05) is 0 Å². The number of sulfonamides is 1. The second-order valence-corrected chi connectivity index (χ2v) is 9.76.